The number of fused-ring (bicyclic) bond motifs is 1. The molecule has 0 aliphatic carbocycles. The van der Waals surface area contributed by atoms with Gasteiger partial charge >= 0.3 is 0 Å². The summed E-state index contributed by atoms with van der Waals surface area (Å²) in [5.74, 6) is 1.16. The largest absolute Gasteiger partial charge is 0.467 e. The van der Waals surface area contributed by atoms with Crippen LogP contribution in [-0.4, -0.2) is 33.2 Å². The zero-order valence-electron chi connectivity index (χ0n) is 15.9. The van der Waals surface area contributed by atoms with Crippen molar-refractivity contribution in [2.24, 2.45) is 5.92 Å². The monoisotopic (exact) mass is 380 g/mol. The molecule has 1 unspecified atom stereocenters. The molecule has 0 bridgehead atoms. The van der Waals surface area contributed by atoms with E-state index in [0.717, 1.165) is 41.9 Å². The second-order valence-electron chi connectivity index (χ2n) is 7.26. The number of nitrogens with one attached hydrogen (secondary N) is 2. The van der Waals surface area contributed by atoms with Gasteiger partial charge in [-0.1, -0.05) is 13.3 Å². The molecule has 1 aliphatic heterocycles. The summed E-state index contributed by atoms with van der Waals surface area (Å²) in [6.45, 7) is 2.95. The van der Waals surface area contributed by atoms with Gasteiger partial charge in [0.1, 0.15) is 11.6 Å². The zero-order chi connectivity index (χ0) is 19.5. The maximum atomic E-state index is 12.7. The van der Waals surface area contributed by atoms with Crippen molar-refractivity contribution in [3.05, 3.63) is 48.2 Å². The molecule has 0 saturated carbocycles. The minimum Gasteiger partial charge on any atom is -0.467 e. The highest BCUT2D eigenvalue weighted by molar-refractivity contribution is 5.98. The summed E-state index contributed by atoms with van der Waals surface area (Å²) < 4.78 is 5.30. The van der Waals surface area contributed by atoms with Gasteiger partial charge in [-0.3, -0.25) is 9.59 Å². The Labute approximate surface area is 163 Å². The lowest BCUT2D eigenvalue weighted by Crippen LogP contribution is -2.27. The Morgan fingerprint density at radius 1 is 1.39 bits per heavy atom. The Bertz CT molecular complexity index is 977. The number of aromatic nitrogens is 2. The Kier molecular flexibility index (Phi) is 5.14. The molecule has 1 aliphatic rings. The summed E-state index contributed by atoms with van der Waals surface area (Å²) in [7, 11) is 0. The first kappa shape index (κ1) is 18.3. The first-order valence-corrected chi connectivity index (χ1v) is 9.72. The summed E-state index contributed by atoms with van der Waals surface area (Å²) in [5.41, 5.74) is 2.51. The van der Waals surface area contributed by atoms with Gasteiger partial charge in [0.2, 0.25) is 11.8 Å². The van der Waals surface area contributed by atoms with Crippen LogP contribution in [0.4, 0.5) is 5.69 Å². The normalized spacial score (nSPS) is 16.8. The van der Waals surface area contributed by atoms with Crippen LogP contribution in [-0.2, 0) is 22.6 Å². The molecule has 3 aromatic rings. The number of carbonyl (C=O) groups is 2. The number of aryl methyl sites for hydroxylation is 1. The van der Waals surface area contributed by atoms with Gasteiger partial charge in [-0.05, 0) is 36.8 Å². The number of H-pyrrole nitrogens is 1. The fourth-order valence-electron chi connectivity index (χ4n) is 3.54. The molecule has 4 rings (SSSR count). The van der Waals surface area contributed by atoms with E-state index in [4.69, 9.17) is 4.42 Å². The van der Waals surface area contributed by atoms with Crippen LogP contribution in [0, 0.1) is 5.92 Å². The third kappa shape index (κ3) is 3.93. The molecule has 7 nitrogen and oxygen atoms in total. The van der Waals surface area contributed by atoms with E-state index in [1.54, 1.807) is 17.2 Å². The number of benzene rings is 1. The highest BCUT2D eigenvalue weighted by Gasteiger charge is 2.34. The van der Waals surface area contributed by atoms with Crippen LogP contribution < -0.4 is 5.32 Å². The number of imidazole rings is 1. The van der Waals surface area contributed by atoms with E-state index < -0.39 is 0 Å². The molecule has 7 heteroatoms. The van der Waals surface area contributed by atoms with Crippen molar-refractivity contribution in [2.75, 3.05) is 11.9 Å². The average Bonchev–Trinajstić information content (AvgIpc) is 3.40. The number of carbonyl (C=O) groups excluding carboxylic acids is 2. The molecular weight excluding hydrogens is 356 g/mol. The molecule has 2 amide bonds. The number of unbranched alkanes of at least 4 members (excludes halogenated alkanes) is 1. The fourth-order valence-corrected chi connectivity index (χ4v) is 3.54. The number of hydrogen-bond donors (Lipinski definition) is 2. The zero-order valence-corrected chi connectivity index (χ0v) is 15.9. The molecule has 0 spiro atoms. The van der Waals surface area contributed by atoms with Crippen LogP contribution in [0.2, 0.25) is 0 Å². The number of furan rings is 1. The summed E-state index contributed by atoms with van der Waals surface area (Å²) >= 11 is 0. The molecule has 1 atom stereocenters. The highest BCUT2D eigenvalue weighted by atomic mass is 16.3. The van der Waals surface area contributed by atoms with E-state index in [9.17, 15) is 9.59 Å². The van der Waals surface area contributed by atoms with E-state index >= 15 is 0 Å². The van der Waals surface area contributed by atoms with E-state index in [-0.39, 0.29) is 24.2 Å². The Balaban J connectivity index is 1.39. The topological polar surface area (TPSA) is 91.2 Å². The first-order chi connectivity index (χ1) is 13.6. The van der Waals surface area contributed by atoms with Gasteiger partial charge in [-0.2, -0.15) is 0 Å². The molecule has 146 valence electrons. The molecule has 28 heavy (non-hydrogen) atoms. The Morgan fingerprint density at radius 3 is 3.07 bits per heavy atom. The van der Waals surface area contributed by atoms with Crippen LogP contribution in [0.5, 0.6) is 0 Å². The van der Waals surface area contributed by atoms with Crippen molar-refractivity contribution in [3.63, 3.8) is 0 Å². The number of anilines is 1. The number of hydrogen-bond acceptors (Lipinski definition) is 4. The van der Waals surface area contributed by atoms with Gasteiger partial charge in [0.05, 0.1) is 29.8 Å². The molecule has 0 radical (unpaired) electrons. The molecule has 1 saturated heterocycles. The van der Waals surface area contributed by atoms with E-state index in [1.807, 2.05) is 24.3 Å². The third-order valence-electron chi connectivity index (χ3n) is 5.08. The molecule has 1 aromatic carbocycles. The van der Waals surface area contributed by atoms with Crippen LogP contribution in [0.3, 0.4) is 0 Å². The number of rotatable bonds is 7. The molecular formula is C21H24N4O3. The number of aromatic amines is 1. The summed E-state index contributed by atoms with van der Waals surface area (Å²) in [4.78, 5) is 34.4. The van der Waals surface area contributed by atoms with Gasteiger partial charge in [0.25, 0.3) is 0 Å². The highest BCUT2D eigenvalue weighted by Crippen LogP contribution is 2.23. The second kappa shape index (κ2) is 7.88. The molecule has 1 fully saturated rings. The predicted molar refractivity (Wildman–Crippen MR) is 106 cm³/mol. The lowest BCUT2D eigenvalue weighted by Gasteiger charge is -2.15. The Hall–Kier alpha value is -3.09. The maximum absolute atomic E-state index is 12.7. The van der Waals surface area contributed by atoms with Crippen molar-refractivity contribution in [2.45, 2.75) is 39.2 Å². The summed E-state index contributed by atoms with van der Waals surface area (Å²) in [6.07, 6.45) is 4.94. The van der Waals surface area contributed by atoms with Gasteiger partial charge in [0, 0.05) is 25.1 Å². The smallest absolute Gasteiger partial charge is 0.229 e. The van der Waals surface area contributed by atoms with E-state index in [1.165, 1.54) is 0 Å². The van der Waals surface area contributed by atoms with Crippen LogP contribution >= 0.6 is 0 Å². The lowest BCUT2D eigenvalue weighted by molar-refractivity contribution is -0.128. The van der Waals surface area contributed by atoms with Crippen LogP contribution in [0.25, 0.3) is 11.0 Å². The average molecular weight is 380 g/mol. The van der Waals surface area contributed by atoms with Crippen LogP contribution in [0.15, 0.2) is 41.0 Å². The minimum atomic E-state index is -0.361. The number of likely N-dealkylation sites (tertiary alicyclic amines) is 1. The maximum Gasteiger partial charge on any atom is 0.229 e. The van der Waals surface area contributed by atoms with Crippen molar-refractivity contribution in [1.82, 2.24) is 14.9 Å². The van der Waals surface area contributed by atoms with Crippen LogP contribution in [0.1, 0.15) is 37.8 Å². The third-order valence-corrected chi connectivity index (χ3v) is 5.08. The first-order valence-electron chi connectivity index (χ1n) is 9.72. The van der Waals surface area contributed by atoms with E-state index in [0.29, 0.717) is 18.8 Å². The second-order valence-corrected chi connectivity index (χ2v) is 7.26. The summed E-state index contributed by atoms with van der Waals surface area (Å²) in [6, 6.07) is 9.27. The van der Waals surface area contributed by atoms with Gasteiger partial charge in [0.15, 0.2) is 0 Å². The van der Waals surface area contributed by atoms with Crippen molar-refractivity contribution in [1.29, 1.82) is 0 Å². The van der Waals surface area contributed by atoms with Gasteiger partial charge in [-0.15, -0.1) is 0 Å². The standard InChI is InChI=1S/C21H24N4O3/c1-2-3-6-19-23-17-8-7-15(11-18(17)24-19)22-21(27)14-10-20(26)25(12-14)13-16-5-4-9-28-16/h4-5,7-9,11,14H,2-3,6,10,12-13H2,1H3,(H,22,27)(H,23,24). The molecule has 2 N–H and O–H groups in total. The van der Waals surface area contributed by atoms with Gasteiger partial charge < -0.3 is 19.6 Å². The quantitative estimate of drug-likeness (QED) is 0.656. The lowest BCUT2D eigenvalue weighted by atomic mass is 10.1. The SMILES string of the molecule is CCCCc1nc2ccc(NC(=O)C3CC(=O)N(Cc4ccco4)C3)cc2[nH]1. The Morgan fingerprint density at radius 2 is 2.29 bits per heavy atom. The number of amides is 2. The van der Waals surface area contributed by atoms with Gasteiger partial charge in [-0.25, -0.2) is 4.98 Å². The van der Waals surface area contributed by atoms with E-state index in [2.05, 4.69) is 22.2 Å². The van der Waals surface area contributed by atoms with Crippen molar-refractivity contribution in [3.8, 4) is 0 Å². The fraction of sp³-hybridized carbons (Fsp3) is 0.381. The van der Waals surface area contributed by atoms with Crippen molar-refractivity contribution >= 4 is 28.5 Å². The summed E-state index contributed by atoms with van der Waals surface area (Å²) in [5, 5.41) is 2.94. The molecule has 2 aromatic heterocycles. The molecule has 3 heterocycles. The number of nitrogens with zero attached hydrogens (tertiary/aromatic N) is 2. The van der Waals surface area contributed by atoms with Crippen molar-refractivity contribution < 1.29 is 14.0 Å². The predicted octanol–water partition coefficient (Wildman–Crippen LogP) is 3.49. The minimum absolute atomic E-state index is 0.0267.